The minimum absolute atomic E-state index is 0.0823. The zero-order valence-electron chi connectivity index (χ0n) is 58.0. The molecule has 10 aromatic rings. The number of amides is 5. The van der Waals surface area contributed by atoms with E-state index >= 15 is 0 Å². The Balaban J connectivity index is 0.000000137. The first kappa shape index (κ1) is 84.8. The number of hydrogen-bond donors (Lipinski definition) is 10. The Bertz CT molecular complexity index is 5330. The average molecular weight is 2190 g/mol. The monoisotopic (exact) mass is 2180 g/mol. The maximum absolute atomic E-state index is 12.3. The fraction of sp³-hybridized carbons (Fsp3) is 0.0964. The highest BCUT2D eigenvalue weighted by atomic mass is 79.9. The van der Waals surface area contributed by atoms with Gasteiger partial charge in [0, 0.05) is 93.4 Å². The van der Waals surface area contributed by atoms with Gasteiger partial charge in [0.25, 0.3) is 29.5 Å². The molecule has 5 aliphatic rings. The SMILES string of the molecule is Cc1cc2c(cc1C)NC(=O)/C(=C/c1cc(Br)c(O)c(Br)c1)C2.Cc1ccc2c(c1)NC(=O)/C(=C/c1cc(Br)c(O)c(Br)c1)C2.O=C1Nc2cc(Cl)c(Cl)cc2C/C1=C\c1cc(Br)c(O)c(Br)c1.O=C1Nc2cc(Cl)ccc2C/C1=C\c1cc(Br)c(O)c(Br)c1.O=C1Nc2ccccc2C/C1=C\c1cc(Br)c(O)c(Br)c1. The third-order valence-electron chi connectivity index (χ3n) is 17.7. The molecule has 15 nitrogen and oxygen atoms in total. The Kier molecular flexibility index (Phi) is 28.3. The fourth-order valence-corrected chi connectivity index (χ4v) is 18.6. The summed E-state index contributed by atoms with van der Waals surface area (Å²) in [7, 11) is 0. The van der Waals surface area contributed by atoms with Crippen LogP contribution in [-0.2, 0) is 56.1 Å². The second-order valence-corrected chi connectivity index (χ2v) is 35.6. The predicted molar refractivity (Wildman–Crippen MR) is 481 cm³/mol. The Hall–Kier alpha value is -7.08. The topological polar surface area (TPSA) is 247 Å². The molecule has 0 aliphatic carbocycles. The van der Waals surface area contributed by atoms with Crippen LogP contribution in [0.1, 0.15) is 72.3 Å². The summed E-state index contributed by atoms with van der Waals surface area (Å²) in [5.74, 6) is 0.116. The van der Waals surface area contributed by atoms with Crippen LogP contribution in [0.4, 0.5) is 28.4 Å². The summed E-state index contributed by atoms with van der Waals surface area (Å²) in [5, 5.41) is 64.7. The van der Waals surface area contributed by atoms with Crippen molar-refractivity contribution < 1.29 is 49.5 Å². The molecule has 0 aromatic heterocycles. The average Bonchev–Trinajstić information content (AvgIpc) is 0.815. The number of carbonyl (C=O) groups is 5. The van der Waals surface area contributed by atoms with Crippen LogP contribution in [0.3, 0.4) is 0 Å². The third kappa shape index (κ3) is 21.3. The van der Waals surface area contributed by atoms with Crippen LogP contribution in [0.2, 0.25) is 15.1 Å². The Morgan fingerprint density at radius 3 is 0.910 bits per heavy atom. The van der Waals surface area contributed by atoms with Gasteiger partial charge < -0.3 is 52.1 Å². The Labute approximate surface area is 737 Å². The molecular weight excluding hydrogens is 2130 g/mol. The van der Waals surface area contributed by atoms with Crippen molar-refractivity contribution in [2.24, 2.45) is 0 Å². The van der Waals surface area contributed by atoms with Crippen LogP contribution in [0, 0.1) is 20.8 Å². The highest BCUT2D eigenvalue weighted by molar-refractivity contribution is 9.12. The summed E-state index contributed by atoms with van der Waals surface area (Å²) in [6.45, 7) is 6.12. The molecule has 0 saturated heterocycles. The first-order chi connectivity index (χ1) is 52.6. The number of halogens is 13. The molecule has 0 spiro atoms. The largest absolute Gasteiger partial charge is 0.506 e. The van der Waals surface area contributed by atoms with Gasteiger partial charge in [-0.05, 0) is 386 Å². The van der Waals surface area contributed by atoms with E-state index in [-0.39, 0.29) is 58.3 Å². The van der Waals surface area contributed by atoms with Gasteiger partial charge >= 0.3 is 0 Å². The van der Waals surface area contributed by atoms with Gasteiger partial charge in [0.2, 0.25) is 0 Å². The lowest BCUT2D eigenvalue weighted by Crippen LogP contribution is -2.22. The molecule has 5 heterocycles. The highest BCUT2D eigenvalue weighted by Gasteiger charge is 2.27. The van der Waals surface area contributed by atoms with Crippen molar-refractivity contribution in [2.45, 2.75) is 52.9 Å². The number of phenolic OH excluding ortho intramolecular Hbond substituents is 5. The van der Waals surface area contributed by atoms with Crippen molar-refractivity contribution in [3.8, 4) is 28.7 Å². The molecule has 10 aromatic carbocycles. The molecule has 111 heavy (non-hydrogen) atoms. The molecule has 15 rings (SSSR count). The quantitative estimate of drug-likeness (QED) is 0.0730. The van der Waals surface area contributed by atoms with E-state index in [0.717, 1.165) is 83.9 Å². The molecule has 5 amide bonds. The van der Waals surface area contributed by atoms with Crippen LogP contribution in [0.15, 0.2) is 218 Å². The third-order valence-corrected chi connectivity index (χ3v) is 24.7. The van der Waals surface area contributed by atoms with E-state index in [2.05, 4.69) is 199 Å². The van der Waals surface area contributed by atoms with E-state index in [1.165, 1.54) is 11.1 Å². The molecule has 566 valence electrons. The van der Waals surface area contributed by atoms with Crippen LogP contribution >= 0.6 is 194 Å². The van der Waals surface area contributed by atoms with Crippen molar-refractivity contribution in [1.29, 1.82) is 0 Å². The summed E-state index contributed by atoms with van der Waals surface area (Å²) in [5.41, 5.74) is 20.3. The van der Waals surface area contributed by atoms with Crippen LogP contribution < -0.4 is 26.6 Å². The maximum Gasteiger partial charge on any atom is 0.251 e. The number of aryl methyl sites for hydroxylation is 3. The number of carbonyl (C=O) groups excluding carboxylic acids is 5. The second-order valence-electron chi connectivity index (χ2n) is 25.8. The summed E-state index contributed by atoms with van der Waals surface area (Å²) in [4.78, 5) is 61.2. The first-order valence-electron chi connectivity index (χ1n) is 33.2. The molecule has 0 unspecified atom stereocenters. The lowest BCUT2D eigenvalue weighted by Gasteiger charge is -2.21. The summed E-state index contributed by atoms with van der Waals surface area (Å²) in [6.07, 6.45) is 11.9. The van der Waals surface area contributed by atoms with E-state index in [0.29, 0.717) is 125 Å². The van der Waals surface area contributed by atoms with Crippen molar-refractivity contribution in [1.82, 2.24) is 0 Å². The highest BCUT2D eigenvalue weighted by Crippen LogP contribution is 2.42. The second kappa shape index (κ2) is 37.0. The van der Waals surface area contributed by atoms with E-state index in [1.807, 2.05) is 98.8 Å². The molecule has 0 bridgehead atoms. The van der Waals surface area contributed by atoms with Crippen molar-refractivity contribution in [3.05, 3.63) is 306 Å². The fourth-order valence-electron chi connectivity index (χ4n) is 11.9. The molecule has 0 atom stereocenters. The number of fused-ring (bicyclic) bond motifs is 5. The lowest BCUT2D eigenvalue weighted by molar-refractivity contribution is -0.113. The number of hydrogen-bond acceptors (Lipinski definition) is 10. The van der Waals surface area contributed by atoms with Gasteiger partial charge in [-0.1, -0.05) is 77.3 Å². The van der Waals surface area contributed by atoms with Crippen LogP contribution in [0.25, 0.3) is 30.4 Å². The molecule has 28 heteroatoms. The van der Waals surface area contributed by atoms with Crippen molar-refractivity contribution in [3.63, 3.8) is 0 Å². The molecule has 10 N–H and O–H groups in total. The predicted octanol–water partition coefficient (Wildman–Crippen LogP) is 25.4. The van der Waals surface area contributed by atoms with Gasteiger partial charge in [-0.25, -0.2) is 0 Å². The van der Waals surface area contributed by atoms with Crippen LogP contribution in [-0.4, -0.2) is 55.1 Å². The van der Waals surface area contributed by atoms with Gasteiger partial charge in [0.05, 0.1) is 54.8 Å². The summed E-state index contributed by atoms with van der Waals surface area (Å²) < 4.78 is 5.73. The first-order valence-corrected chi connectivity index (χ1v) is 42.2. The van der Waals surface area contributed by atoms with Gasteiger partial charge in [-0.2, -0.15) is 0 Å². The normalized spacial score (nSPS) is 15.6. The smallest absolute Gasteiger partial charge is 0.251 e. The number of aromatic hydroxyl groups is 5. The van der Waals surface area contributed by atoms with Gasteiger partial charge in [0.15, 0.2) is 0 Å². The van der Waals surface area contributed by atoms with Crippen LogP contribution in [0.5, 0.6) is 28.7 Å². The summed E-state index contributed by atoms with van der Waals surface area (Å²) >= 11 is 50.9. The molecule has 0 fully saturated rings. The number of phenols is 5. The van der Waals surface area contributed by atoms with Gasteiger partial charge in [-0.3, -0.25) is 24.0 Å². The lowest BCUT2D eigenvalue weighted by atomic mass is 9.93. The standard InChI is InChI=1S/C18H15Br2NO2.C17H13Br2NO2.C16H9Br2Cl2NO2.C16H10Br2ClNO2.C16H11Br2NO2/c1-9-3-12-8-13(18(23)21-16(12)4-10(9)2)5-11-6-14(19)17(22)15(20)7-11;1-9-2-3-11-8-12(17(22)20-15(11)4-9)5-10-6-13(18)16(21)14(19)7-10;17-10-2-7(3-11(18)15(10)22)1-9-4-8-5-12(19)13(20)6-14(8)21-16(9)23;17-12-4-8(5-13(18)15(12)21)3-10-6-9-1-2-11(19)7-14(9)20-16(10)22;17-12-6-9(7-13(18)15(12)20)5-11-8-10-3-1-2-4-14(10)19-16(11)21/h3-7,22H,8H2,1-2H3,(H,21,23);2-7,21H,8H2,1H3,(H,20,22);1-3,5-6,22H,4H2,(H,21,23);1-5,7,21H,6H2,(H,20,22);1-7,20H,8H2,(H,19,21)/b13-5+;12-5+;9-1+;10-3+;11-5+. The number of para-hydroxylation sites is 1. The molecule has 5 aliphatic heterocycles. The Morgan fingerprint density at radius 1 is 0.288 bits per heavy atom. The molecular formula is C83H58Br10Cl3N5O10. The van der Waals surface area contributed by atoms with E-state index in [4.69, 9.17) is 34.8 Å². The Morgan fingerprint density at radius 2 is 0.550 bits per heavy atom. The van der Waals surface area contributed by atoms with E-state index in [1.54, 1.807) is 84.9 Å². The summed E-state index contributed by atoms with van der Waals surface area (Å²) in [6, 6.07) is 44.6. The van der Waals surface area contributed by atoms with Crippen molar-refractivity contribution in [2.75, 3.05) is 26.6 Å². The van der Waals surface area contributed by atoms with Gasteiger partial charge in [-0.15, -0.1) is 0 Å². The maximum atomic E-state index is 12.3. The van der Waals surface area contributed by atoms with Gasteiger partial charge in [0.1, 0.15) is 28.7 Å². The minimum atomic E-state index is -0.184. The zero-order chi connectivity index (χ0) is 80.1. The number of benzene rings is 10. The van der Waals surface area contributed by atoms with E-state index < -0.39 is 0 Å². The molecule has 0 saturated carbocycles. The number of nitrogens with one attached hydrogen (secondary N) is 5. The molecule has 0 radical (unpaired) electrons. The number of rotatable bonds is 5. The minimum Gasteiger partial charge on any atom is -0.506 e. The van der Waals surface area contributed by atoms with E-state index in [9.17, 15) is 49.5 Å². The zero-order valence-corrected chi connectivity index (χ0v) is 76.1. The number of anilines is 5. The van der Waals surface area contributed by atoms with Crippen molar-refractivity contribution >= 4 is 282 Å².